The van der Waals surface area contributed by atoms with Crippen LogP contribution in [0.3, 0.4) is 0 Å². The summed E-state index contributed by atoms with van der Waals surface area (Å²) in [5.74, 6) is -0.491. The number of benzene rings is 4. The third-order valence-corrected chi connectivity index (χ3v) is 7.94. The molecule has 0 radical (unpaired) electrons. The highest BCUT2D eigenvalue weighted by molar-refractivity contribution is 7.21. The van der Waals surface area contributed by atoms with Gasteiger partial charge in [-0.15, -0.1) is 11.3 Å². The molecular formula is C31H17ClN2O2S. The summed E-state index contributed by atoms with van der Waals surface area (Å²) in [4.78, 5) is 31.7. The number of fused-ring (bicyclic) bond motifs is 3. The molecule has 4 nitrogen and oxygen atoms in total. The lowest BCUT2D eigenvalue weighted by molar-refractivity contribution is 0.0990. The highest BCUT2D eigenvalue weighted by Crippen LogP contribution is 2.37. The summed E-state index contributed by atoms with van der Waals surface area (Å²) in [5, 5.41) is 3.43. The Kier molecular flexibility index (Phi) is 4.96. The van der Waals surface area contributed by atoms with Crippen LogP contribution in [-0.2, 0) is 0 Å². The molecule has 7 rings (SSSR count). The van der Waals surface area contributed by atoms with Gasteiger partial charge in [-0.1, -0.05) is 66.2 Å². The highest BCUT2D eigenvalue weighted by atomic mass is 35.5. The van der Waals surface area contributed by atoms with E-state index in [-0.39, 0.29) is 17.1 Å². The van der Waals surface area contributed by atoms with Crippen LogP contribution in [-0.4, -0.2) is 21.1 Å². The molecule has 6 heteroatoms. The van der Waals surface area contributed by atoms with Crippen LogP contribution in [0, 0.1) is 0 Å². The fourth-order valence-corrected chi connectivity index (χ4v) is 5.99. The summed E-state index contributed by atoms with van der Waals surface area (Å²) in [7, 11) is 0. The van der Waals surface area contributed by atoms with E-state index in [0.717, 1.165) is 43.1 Å². The summed E-state index contributed by atoms with van der Waals surface area (Å²) in [5.41, 5.74) is 4.47. The van der Waals surface area contributed by atoms with Crippen molar-refractivity contribution >= 4 is 61.7 Å². The maximum absolute atomic E-state index is 13.4. The third kappa shape index (κ3) is 3.55. The van der Waals surface area contributed by atoms with Gasteiger partial charge >= 0.3 is 0 Å². The maximum Gasteiger partial charge on any atom is 0.197 e. The summed E-state index contributed by atoms with van der Waals surface area (Å²) >= 11 is 7.63. The van der Waals surface area contributed by atoms with Gasteiger partial charge in [-0.25, -0.2) is 4.98 Å². The lowest BCUT2D eigenvalue weighted by Crippen LogP contribution is -2.03. The number of thiazole rings is 1. The Labute approximate surface area is 221 Å². The molecule has 0 atom stereocenters. The fourth-order valence-electron chi connectivity index (χ4n) is 4.86. The number of Topliss-reactive ketones (excluding diaryl/α,β-unsaturated/α-hetero) is 2. The van der Waals surface area contributed by atoms with Crippen LogP contribution < -0.4 is 0 Å². The molecule has 0 amide bonds. The lowest BCUT2D eigenvalue weighted by Gasteiger charge is -2.08. The minimum Gasteiger partial charge on any atom is -0.294 e. The Morgan fingerprint density at radius 1 is 0.757 bits per heavy atom. The second-order valence-electron chi connectivity index (χ2n) is 8.92. The normalized spacial score (nSPS) is 13.1. The number of aromatic nitrogens is 2. The van der Waals surface area contributed by atoms with Gasteiger partial charge in [0.1, 0.15) is 5.01 Å². The molecule has 1 aliphatic carbocycles. The summed E-state index contributed by atoms with van der Waals surface area (Å²) in [6.45, 7) is 0. The van der Waals surface area contributed by atoms with Crippen molar-refractivity contribution in [1.29, 1.82) is 0 Å². The number of hydrogen-bond donors (Lipinski definition) is 0. The molecule has 176 valence electrons. The van der Waals surface area contributed by atoms with Crippen molar-refractivity contribution < 1.29 is 9.59 Å². The Hall–Kier alpha value is -4.32. The lowest BCUT2D eigenvalue weighted by atomic mass is 10.0. The number of carbonyl (C=O) groups excluding carboxylic acids is 2. The minimum atomic E-state index is -0.246. The zero-order chi connectivity index (χ0) is 25.1. The van der Waals surface area contributed by atoms with Crippen molar-refractivity contribution in [2.45, 2.75) is 0 Å². The molecule has 4 aromatic carbocycles. The minimum absolute atomic E-state index is 0.172. The maximum atomic E-state index is 13.4. The topological polar surface area (TPSA) is 52.0 Å². The molecule has 0 N–H and O–H groups in total. The van der Waals surface area contributed by atoms with Crippen LogP contribution in [0.2, 0.25) is 5.02 Å². The Bertz CT molecular complexity index is 1860. The highest BCUT2D eigenvalue weighted by Gasteiger charge is 2.34. The van der Waals surface area contributed by atoms with Crippen molar-refractivity contribution in [3.05, 3.63) is 124 Å². The number of nitrogens with zero attached hydrogens (tertiary/aromatic N) is 2. The van der Waals surface area contributed by atoms with Gasteiger partial charge in [0.05, 0.1) is 16.0 Å². The molecule has 0 saturated heterocycles. The fraction of sp³-hybridized carbons (Fsp3) is 0. The number of rotatable bonds is 3. The van der Waals surface area contributed by atoms with Gasteiger partial charge < -0.3 is 0 Å². The molecule has 0 aliphatic heterocycles. The molecule has 0 bridgehead atoms. The Balaban J connectivity index is 1.39. The Morgan fingerprint density at radius 2 is 1.38 bits per heavy atom. The van der Waals surface area contributed by atoms with Crippen molar-refractivity contribution in [3.63, 3.8) is 0 Å². The standard InChI is InChI=1S/C31H17ClN2O2S/c32-21-12-10-18(11-13-21)31-33-30-27(37-31)17-23(34(30)22-8-2-1-3-9-22)16-26-28(35)24-14-19-6-4-5-7-20(19)15-25(24)29(26)36/h1-17H. The number of para-hydroxylation sites is 1. The first-order valence-corrected chi connectivity index (χ1v) is 12.9. The van der Waals surface area contributed by atoms with Gasteiger partial charge in [-0.3, -0.25) is 14.2 Å². The van der Waals surface area contributed by atoms with Crippen LogP contribution in [0.15, 0.2) is 103 Å². The molecular weight excluding hydrogens is 500 g/mol. The first kappa shape index (κ1) is 21.9. The molecule has 2 heterocycles. The van der Waals surface area contributed by atoms with Crippen LogP contribution >= 0.6 is 22.9 Å². The average Bonchev–Trinajstić information content (AvgIpc) is 3.55. The first-order chi connectivity index (χ1) is 18.1. The predicted molar refractivity (Wildman–Crippen MR) is 150 cm³/mol. The van der Waals surface area contributed by atoms with Gasteiger partial charge in [0.15, 0.2) is 17.2 Å². The summed E-state index contributed by atoms with van der Waals surface area (Å²) < 4.78 is 2.96. The quantitative estimate of drug-likeness (QED) is 0.177. The molecule has 1 aliphatic rings. The number of halogens is 1. The second-order valence-corrected chi connectivity index (χ2v) is 10.4. The molecule has 0 unspecified atom stereocenters. The molecule has 0 spiro atoms. The zero-order valence-corrected chi connectivity index (χ0v) is 20.9. The van der Waals surface area contributed by atoms with E-state index >= 15 is 0 Å². The van der Waals surface area contributed by atoms with Gasteiger partial charge in [0.25, 0.3) is 0 Å². The van der Waals surface area contributed by atoms with Crippen molar-refractivity contribution in [2.75, 3.05) is 0 Å². The largest absolute Gasteiger partial charge is 0.294 e. The van der Waals surface area contributed by atoms with Crippen molar-refractivity contribution in [3.8, 4) is 16.3 Å². The van der Waals surface area contributed by atoms with Crippen LogP contribution in [0.1, 0.15) is 26.4 Å². The molecule has 37 heavy (non-hydrogen) atoms. The van der Waals surface area contributed by atoms with Crippen LogP contribution in [0.4, 0.5) is 0 Å². The van der Waals surface area contributed by atoms with E-state index in [2.05, 4.69) is 0 Å². The van der Waals surface area contributed by atoms with Gasteiger partial charge in [-0.2, -0.15) is 0 Å². The molecule has 6 aromatic rings. The molecule has 0 fully saturated rings. The third-order valence-electron chi connectivity index (χ3n) is 6.65. The number of hydrogen-bond acceptors (Lipinski definition) is 4. The van der Waals surface area contributed by atoms with E-state index < -0.39 is 0 Å². The number of ketones is 2. The van der Waals surface area contributed by atoms with E-state index in [1.165, 1.54) is 0 Å². The van der Waals surface area contributed by atoms with Gasteiger partial charge in [0, 0.05) is 27.4 Å². The van der Waals surface area contributed by atoms with E-state index in [9.17, 15) is 9.59 Å². The second kappa shape index (κ2) is 8.37. The van der Waals surface area contributed by atoms with Crippen molar-refractivity contribution in [1.82, 2.24) is 9.55 Å². The summed E-state index contributed by atoms with van der Waals surface area (Å²) in [6, 6.07) is 30.8. The van der Waals surface area contributed by atoms with E-state index in [4.69, 9.17) is 16.6 Å². The summed E-state index contributed by atoms with van der Waals surface area (Å²) in [6.07, 6.45) is 1.71. The number of allylic oxidation sites excluding steroid dienone is 1. The van der Waals surface area contributed by atoms with Crippen LogP contribution in [0.25, 0.3) is 43.5 Å². The van der Waals surface area contributed by atoms with Gasteiger partial charge in [-0.05, 0) is 59.3 Å². The zero-order valence-electron chi connectivity index (χ0n) is 19.3. The first-order valence-electron chi connectivity index (χ1n) is 11.7. The predicted octanol–water partition coefficient (Wildman–Crippen LogP) is 8.02. The van der Waals surface area contributed by atoms with E-state index in [0.29, 0.717) is 16.1 Å². The van der Waals surface area contributed by atoms with Crippen molar-refractivity contribution in [2.24, 2.45) is 0 Å². The Morgan fingerprint density at radius 3 is 2.03 bits per heavy atom. The van der Waals surface area contributed by atoms with Gasteiger partial charge in [0.2, 0.25) is 0 Å². The molecule has 2 aromatic heterocycles. The molecule has 0 saturated carbocycles. The smallest absolute Gasteiger partial charge is 0.197 e. The monoisotopic (exact) mass is 516 g/mol. The van der Waals surface area contributed by atoms with Crippen LogP contribution in [0.5, 0.6) is 0 Å². The van der Waals surface area contributed by atoms with E-state index in [1.54, 1.807) is 17.4 Å². The average molecular weight is 517 g/mol. The van der Waals surface area contributed by atoms with E-state index in [1.807, 2.05) is 102 Å². The number of carbonyl (C=O) groups is 2. The SMILES string of the molecule is O=C1C(=Cc2cc3sc(-c4ccc(Cl)cc4)nc3n2-c2ccccc2)C(=O)c2cc3ccccc3cc21.